The molecule has 4 nitrogen and oxygen atoms in total. The Morgan fingerprint density at radius 3 is 3.00 bits per heavy atom. The lowest BCUT2D eigenvalue weighted by atomic mass is 10.1. The van der Waals surface area contributed by atoms with Crippen molar-refractivity contribution in [2.45, 2.75) is 6.92 Å². The number of hydrogen-bond acceptors (Lipinski definition) is 3. The zero-order valence-electron chi connectivity index (χ0n) is 9.73. The van der Waals surface area contributed by atoms with Gasteiger partial charge in [0.15, 0.2) is 0 Å². The number of pyridine rings is 1. The molecule has 90 valence electrons. The predicted octanol–water partition coefficient (Wildman–Crippen LogP) is 3.17. The molecule has 3 rings (SSSR count). The molecule has 0 spiro atoms. The SMILES string of the molecule is Cc1sccc1-c1ccc2c(NC=O)c[nH]c2n1. The molecular formula is C13H11N3OS. The van der Waals surface area contributed by atoms with E-state index in [1.54, 1.807) is 17.5 Å². The van der Waals surface area contributed by atoms with Crippen LogP contribution in [0.4, 0.5) is 5.69 Å². The van der Waals surface area contributed by atoms with E-state index >= 15 is 0 Å². The average Bonchev–Trinajstić information content (AvgIpc) is 2.96. The normalized spacial score (nSPS) is 10.7. The van der Waals surface area contributed by atoms with Crippen LogP contribution in [0.2, 0.25) is 0 Å². The van der Waals surface area contributed by atoms with Crippen LogP contribution in [0.1, 0.15) is 4.88 Å². The van der Waals surface area contributed by atoms with E-state index in [1.807, 2.05) is 12.1 Å². The Labute approximate surface area is 108 Å². The number of rotatable bonds is 3. The highest BCUT2D eigenvalue weighted by atomic mass is 32.1. The minimum Gasteiger partial charge on any atom is -0.344 e. The fourth-order valence-corrected chi connectivity index (χ4v) is 2.70. The number of hydrogen-bond donors (Lipinski definition) is 2. The van der Waals surface area contributed by atoms with E-state index in [9.17, 15) is 4.79 Å². The Kier molecular flexibility index (Phi) is 2.60. The molecule has 0 aliphatic carbocycles. The lowest BCUT2D eigenvalue weighted by molar-refractivity contribution is -0.105. The van der Waals surface area contributed by atoms with E-state index in [2.05, 4.69) is 33.7 Å². The van der Waals surface area contributed by atoms with Crippen LogP contribution in [-0.4, -0.2) is 16.4 Å². The van der Waals surface area contributed by atoms with Crippen molar-refractivity contribution in [1.82, 2.24) is 9.97 Å². The molecule has 0 radical (unpaired) electrons. The molecule has 18 heavy (non-hydrogen) atoms. The van der Waals surface area contributed by atoms with Crippen molar-refractivity contribution in [2.75, 3.05) is 5.32 Å². The highest BCUT2D eigenvalue weighted by Gasteiger charge is 2.08. The number of H-pyrrole nitrogens is 1. The second kappa shape index (κ2) is 4.27. The number of nitrogens with zero attached hydrogens (tertiary/aromatic N) is 1. The Morgan fingerprint density at radius 2 is 2.28 bits per heavy atom. The molecule has 3 heterocycles. The van der Waals surface area contributed by atoms with Gasteiger partial charge in [-0.15, -0.1) is 11.3 Å². The highest BCUT2D eigenvalue weighted by Crippen LogP contribution is 2.29. The van der Waals surface area contributed by atoms with Gasteiger partial charge in [0.1, 0.15) is 5.65 Å². The fourth-order valence-electron chi connectivity index (χ4n) is 1.99. The summed E-state index contributed by atoms with van der Waals surface area (Å²) in [5, 5.41) is 5.62. The maximum absolute atomic E-state index is 10.5. The van der Waals surface area contributed by atoms with Crippen LogP contribution in [-0.2, 0) is 4.79 Å². The third-order valence-corrected chi connectivity index (χ3v) is 3.73. The molecule has 3 aromatic rings. The van der Waals surface area contributed by atoms with Gasteiger partial charge in [0.05, 0.1) is 11.4 Å². The molecule has 0 saturated heterocycles. The maximum Gasteiger partial charge on any atom is 0.211 e. The summed E-state index contributed by atoms with van der Waals surface area (Å²) in [6.07, 6.45) is 2.41. The number of amides is 1. The first kappa shape index (κ1) is 11.0. The van der Waals surface area contributed by atoms with Gasteiger partial charge < -0.3 is 10.3 Å². The molecule has 0 bridgehead atoms. The number of fused-ring (bicyclic) bond motifs is 1. The smallest absolute Gasteiger partial charge is 0.211 e. The summed E-state index contributed by atoms with van der Waals surface area (Å²) in [6, 6.07) is 6.01. The van der Waals surface area contributed by atoms with Gasteiger partial charge >= 0.3 is 0 Å². The van der Waals surface area contributed by atoms with Gasteiger partial charge in [-0.2, -0.15) is 0 Å². The molecule has 0 aliphatic heterocycles. The van der Waals surface area contributed by atoms with Crippen LogP contribution in [0, 0.1) is 6.92 Å². The lowest BCUT2D eigenvalue weighted by Gasteiger charge is -2.00. The Hall–Kier alpha value is -2.14. The van der Waals surface area contributed by atoms with Gasteiger partial charge in [0.25, 0.3) is 0 Å². The van der Waals surface area contributed by atoms with Crippen molar-refractivity contribution in [1.29, 1.82) is 0 Å². The topological polar surface area (TPSA) is 57.8 Å². The van der Waals surface area contributed by atoms with Gasteiger partial charge in [0.2, 0.25) is 6.41 Å². The number of aromatic nitrogens is 2. The number of carbonyl (C=O) groups is 1. The second-order valence-corrected chi connectivity index (χ2v) is 5.07. The fraction of sp³-hybridized carbons (Fsp3) is 0.0769. The van der Waals surface area contributed by atoms with Crippen molar-refractivity contribution in [3.63, 3.8) is 0 Å². The van der Waals surface area contributed by atoms with Crippen LogP contribution in [0.5, 0.6) is 0 Å². The van der Waals surface area contributed by atoms with E-state index < -0.39 is 0 Å². The van der Waals surface area contributed by atoms with Crippen LogP contribution in [0.15, 0.2) is 29.8 Å². The van der Waals surface area contributed by atoms with Gasteiger partial charge in [-0.1, -0.05) is 0 Å². The summed E-state index contributed by atoms with van der Waals surface area (Å²) in [7, 11) is 0. The van der Waals surface area contributed by atoms with Crippen LogP contribution >= 0.6 is 11.3 Å². The van der Waals surface area contributed by atoms with E-state index in [4.69, 9.17) is 0 Å². The zero-order valence-corrected chi connectivity index (χ0v) is 10.5. The molecular weight excluding hydrogens is 246 g/mol. The molecule has 0 aliphatic rings. The number of aryl methyl sites for hydroxylation is 1. The third kappa shape index (κ3) is 1.69. The Morgan fingerprint density at radius 1 is 1.39 bits per heavy atom. The summed E-state index contributed by atoms with van der Waals surface area (Å²) >= 11 is 1.71. The predicted molar refractivity (Wildman–Crippen MR) is 73.8 cm³/mol. The second-order valence-electron chi connectivity index (χ2n) is 3.95. The lowest BCUT2D eigenvalue weighted by Crippen LogP contribution is -1.91. The largest absolute Gasteiger partial charge is 0.344 e. The summed E-state index contributed by atoms with van der Waals surface area (Å²) in [5.41, 5.74) is 3.63. The summed E-state index contributed by atoms with van der Waals surface area (Å²) in [4.78, 5) is 19.4. The van der Waals surface area contributed by atoms with Crippen molar-refractivity contribution in [3.8, 4) is 11.3 Å². The van der Waals surface area contributed by atoms with Gasteiger partial charge in [-0.3, -0.25) is 4.79 Å². The highest BCUT2D eigenvalue weighted by molar-refractivity contribution is 7.10. The number of anilines is 1. The summed E-state index contributed by atoms with van der Waals surface area (Å²) in [6.45, 7) is 2.08. The van der Waals surface area contributed by atoms with Gasteiger partial charge in [-0.05, 0) is 30.5 Å². The molecule has 0 unspecified atom stereocenters. The zero-order chi connectivity index (χ0) is 12.5. The summed E-state index contributed by atoms with van der Waals surface area (Å²) in [5.74, 6) is 0. The Balaban J connectivity index is 2.12. The van der Waals surface area contributed by atoms with E-state index in [1.165, 1.54) is 4.88 Å². The van der Waals surface area contributed by atoms with Crippen LogP contribution < -0.4 is 5.32 Å². The number of carbonyl (C=O) groups excluding carboxylic acids is 1. The molecule has 0 aromatic carbocycles. The number of aromatic amines is 1. The molecule has 5 heteroatoms. The number of thiophene rings is 1. The molecule has 0 saturated carbocycles. The first-order valence-corrected chi connectivity index (χ1v) is 6.40. The maximum atomic E-state index is 10.5. The molecule has 3 aromatic heterocycles. The van der Waals surface area contributed by atoms with Gasteiger partial charge in [0, 0.05) is 22.0 Å². The van der Waals surface area contributed by atoms with E-state index in [-0.39, 0.29) is 0 Å². The monoisotopic (exact) mass is 257 g/mol. The molecule has 2 N–H and O–H groups in total. The van der Waals surface area contributed by atoms with E-state index in [0.717, 1.165) is 28.0 Å². The van der Waals surface area contributed by atoms with Crippen molar-refractivity contribution < 1.29 is 4.79 Å². The van der Waals surface area contributed by atoms with E-state index in [0.29, 0.717) is 6.41 Å². The molecule has 0 fully saturated rings. The van der Waals surface area contributed by atoms with Crippen LogP contribution in [0.25, 0.3) is 22.3 Å². The minimum absolute atomic E-state index is 0.666. The molecule has 0 atom stereocenters. The number of nitrogens with one attached hydrogen (secondary N) is 2. The molecule has 1 amide bonds. The first-order chi connectivity index (χ1) is 8.79. The van der Waals surface area contributed by atoms with Crippen molar-refractivity contribution in [2.24, 2.45) is 0 Å². The minimum atomic E-state index is 0.666. The third-order valence-electron chi connectivity index (χ3n) is 2.89. The summed E-state index contributed by atoms with van der Waals surface area (Å²) < 4.78 is 0. The van der Waals surface area contributed by atoms with Crippen molar-refractivity contribution >= 4 is 34.5 Å². The first-order valence-electron chi connectivity index (χ1n) is 5.52. The van der Waals surface area contributed by atoms with Crippen LogP contribution in [0.3, 0.4) is 0 Å². The standard InChI is InChI=1S/C13H11N3OS/c1-8-9(4-5-18-8)11-3-2-10-12(15-7-17)6-14-13(10)16-11/h2-7H,1H3,(H,14,16)(H,15,17). The Bertz CT molecular complexity index is 714. The van der Waals surface area contributed by atoms with Gasteiger partial charge in [-0.25, -0.2) is 4.98 Å². The average molecular weight is 257 g/mol. The quantitative estimate of drug-likeness (QED) is 0.708. The van der Waals surface area contributed by atoms with Crippen molar-refractivity contribution in [3.05, 3.63) is 34.7 Å².